The molecule has 0 aliphatic carbocycles. The second-order valence-corrected chi connectivity index (χ2v) is 6.15. The van der Waals surface area contributed by atoms with Gasteiger partial charge in [0.2, 0.25) is 5.95 Å². The second kappa shape index (κ2) is 8.94. The number of methoxy groups -OCH3 is 2. The minimum absolute atomic E-state index is 0. The average molecular weight is 397 g/mol. The summed E-state index contributed by atoms with van der Waals surface area (Å²) in [6.07, 6.45) is 1.43. The fraction of sp³-hybridized carbons (Fsp3) is 0.500. The van der Waals surface area contributed by atoms with Crippen LogP contribution in [0.5, 0.6) is 11.5 Å². The lowest BCUT2D eigenvalue weighted by Crippen LogP contribution is -2.38. The Morgan fingerprint density at radius 1 is 1.19 bits per heavy atom. The molecule has 1 aliphatic rings. The van der Waals surface area contributed by atoms with Gasteiger partial charge >= 0.3 is 5.97 Å². The highest BCUT2D eigenvalue weighted by molar-refractivity contribution is 5.91. The molecule has 1 aromatic heterocycles. The summed E-state index contributed by atoms with van der Waals surface area (Å²) >= 11 is 0. The van der Waals surface area contributed by atoms with Crippen molar-refractivity contribution in [3.05, 3.63) is 12.1 Å². The summed E-state index contributed by atoms with van der Waals surface area (Å²) in [4.78, 5) is 23.0. The number of hydrogen-bond donors (Lipinski definition) is 1. The number of anilines is 2. The first-order chi connectivity index (χ1) is 12.6. The Hall–Kier alpha value is -2.48. The number of esters is 1. The zero-order valence-electron chi connectivity index (χ0n) is 15.7. The molecule has 0 saturated carbocycles. The van der Waals surface area contributed by atoms with Gasteiger partial charge in [-0.15, -0.1) is 12.4 Å². The van der Waals surface area contributed by atoms with E-state index >= 15 is 0 Å². The Morgan fingerprint density at radius 3 is 2.41 bits per heavy atom. The molecule has 27 heavy (non-hydrogen) atoms. The van der Waals surface area contributed by atoms with Gasteiger partial charge in [0, 0.05) is 24.5 Å². The molecule has 0 radical (unpaired) electrons. The number of piperidine rings is 1. The van der Waals surface area contributed by atoms with Crippen molar-refractivity contribution in [3.63, 3.8) is 0 Å². The number of nitrogen functional groups attached to an aromatic ring is 1. The Kier molecular flexibility index (Phi) is 6.90. The van der Waals surface area contributed by atoms with Gasteiger partial charge in [-0.25, -0.2) is 4.98 Å². The molecule has 1 saturated heterocycles. The molecule has 0 bridgehead atoms. The number of ether oxygens (including phenoxy) is 3. The molecule has 0 amide bonds. The van der Waals surface area contributed by atoms with Gasteiger partial charge in [-0.1, -0.05) is 0 Å². The van der Waals surface area contributed by atoms with Crippen LogP contribution in [0.4, 0.5) is 11.8 Å². The number of nitrogens with zero attached hydrogens (tertiary/aromatic N) is 3. The number of nitrogens with two attached hydrogens (primary N) is 1. The summed E-state index contributed by atoms with van der Waals surface area (Å²) in [7, 11) is 3.15. The Balaban J connectivity index is 0.00000261. The van der Waals surface area contributed by atoms with E-state index in [4.69, 9.17) is 19.9 Å². The third-order valence-corrected chi connectivity index (χ3v) is 4.62. The zero-order chi connectivity index (χ0) is 18.7. The quantitative estimate of drug-likeness (QED) is 0.769. The fourth-order valence-electron chi connectivity index (χ4n) is 3.18. The summed E-state index contributed by atoms with van der Waals surface area (Å²) in [5.74, 6) is 1.93. The maximum absolute atomic E-state index is 11.9. The number of rotatable bonds is 5. The summed E-state index contributed by atoms with van der Waals surface area (Å²) in [6.45, 7) is 3.60. The van der Waals surface area contributed by atoms with Crippen LogP contribution in [-0.4, -0.2) is 49.9 Å². The number of hydrogen-bond acceptors (Lipinski definition) is 8. The third kappa shape index (κ3) is 4.27. The van der Waals surface area contributed by atoms with Gasteiger partial charge in [0.15, 0.2) is 11.5 Å². The maximum atomic E-state index is 11.9. The molecule has 148 valence electrons. The number of benzene rings is 1. The highest BCUT2D eigenvalue weighted by Gasteiger charge is 2.27. The van der Waals surface area contributed by atoms with Crippen molar-refractivity contribution in [2.75, 3.05) is 44.5 Å². The summed E-state index contributed by atoms with van der Waals surface area (Å²) < 4.78 is 15.8. The molecule has 0 spiro atoms. The predicted molar refractivity (Wildman–Crippen MR) is 106 cm³/mol. The first-order valence-corrected chi connectivity index (χ1v) is 8.68. The van der Waals surface area contributed by atoms with Gasteiger partial charge in [0.1, 0.15) is 5.82 Å². The zero-order valence-corrected chi connectivity index (χ0v) is 16.5. The van der Waals surface area contributed by atoms with Crippen molar-refractivity contribution in [1.29, 1.82) is 0 Å². The lowest BCUT2D eigenvalue weighted by atomic mass is 9.97. The van der Waals surface area contributed by atoms with Crippen LogP contribution in [0.1, 0.15) is 19.8 Å². The molecule has 2 N–H and O–H groups in total. The lowest BCUT2D eigenvalue weighted by Gasteiger charge is -2.31. The molecule has 9 heteroatoms. The minimum atomic E-state index is -0.122. The molecular weight excluding hydrogens is 372 g/mol. The maximum Gasteiger partial charge on any atom is 0.309 e. The van der Waals surface area contributed by atoms with E-state index in [9.17, 15) is 4.79 Å². The predicted octanol–water partition coefficient (Wildman–Crippen LogP) is 2.43. The topological polar surface area (TPSA) is 99.8 Å². The third-order valence-electron chi connectivity index (χ3n) is 4.62. The minimum Gasteiger partial charge on any atom is -0.493 e. The summed E-state index contributed by atoms with van der Waals surface area (Å²) in [5, 5.41) is 0.716. The molecule has 1 fully saturated rings. The van der Waals surface area contributed by atoms with Crippen LogP contribution >= 0.6 is 12.4 Å². The molecular formula is C18H25ClN4O4. The van der Waals surface area contributed by atoms with Crippen LogP contribution in [0, 0.1) is 5.92 Å². The van der Waals surface area contributed by atoms with E-state index in [1.165, 1.54) is 0 Å². The van der Waals surface area contributed by atoms with Crippen LogP contribution in [0.2, 0.25) is 0 Å². The number of aromatic nitrogens is 2. The van der Waals surface area contributed by atoms with Crippen molar-refractivity contribution in [3.8, 4) is 11.5 Å². The molecule has 2 aromatic rings. The van der Waals surface area contributed by atoms with E-state index in [0.29, 0.717) is 66.7 Å². The van der Waals surface area contributed by atoms with E-state index in [2.05, 4.69) is 9.97 Å². The van der Waals surface area contributed by atoms with Crippen LogP contribution in [0.15, 0.2) is 12.1 Å². The lowest BCUT2D eigenvalue weighted by molar-refractivity contribution is -0.148. The molecule has 0 unspecified atom stereocenters. The number of fused-ring (bicyclic) bond motifs is 1. The highest BCUT2D eigenvalue weighted by Crippen LogP contribution is 2.34. The standard InChI is InChI=1S/C18H24N4O4.ClH/c1-4-26-17(23)11-5-7-22(8-6-11)18-20-13-10-15(25-3)14(24-2)9-12(13)16(19)21-18;/h9-11H,4-8H2,1-3H3,(H2,19,20,21);1H. The Labute approximate surface area is 164 Å². The molecule has 1 aliphatic heterocycles. The monoisotopic (exact) mass is 396 g/mol. The molecule has 3 rings (SSSR count). The van der Waals surface area contributed by atoms with Crippen LogP contribution < -0.4 is 20.1 Å². The van der Waals surface area contributed by atoms with Crippen molar-refractivity contribution in [2.24, 2.45) is 5.92 Å². The first kappa shape index (κ1) is 20.8. The summed E-state index contributed by atoms with van der Waals surface area (Å²) in [5.41, 5.74) is 6.84. The van der Waals surface area contributed by atoms with E-state index in [1.807, 2.05) is 11.8 Å². The molecule has 0 atom stereocenters. The van der Waals surface area contributed by atoms with Crippen LogP contribution in [0.25, 0.3) is 10.9 Å². The van der Waals surface area contributed by atoms with Gasteiger partial charge in [0.25, 0.3) is 0 Å². The fourth-order valence-corrected chi connectivity index (χ4v) is 3.18. The summed E-state index contributed by atoms with van der Waals surface area (Å²) in [6, 6.07) is 3.57. The van der Waals surface area contributed by atoms with Crippen molar-refractivity contribution in [2.45, 2.75) is 19.8 Å². The van der Waals surface area contributed by atoms with E-state index in [0.717, 1.165) is 0 Å². The molecule has 8 nitrogen and oxygen atoms in total. The first-order valence-electron chi connectivity index (χ1n) is 8.68. The Bertz CT molecular complexity index is 810. The molecule has 1 aromatic carbocycles. The Morgan fingerprint density at radius 2 is 1.81 bits per heavy atom. The van der Waals surface area contributed by atoms with Gasteiger partial charge in [0.05, 0.1) is 32.3 Å². The SMILES string of the molecule is CCOC(=O)C1CCN(c2nc(N)c3cc(OC)c(OC)cc3n2)CC1.Cl. The average Bonchev–Trinajstić information content (AvgIpc) is 2.67. The number of halogens is 1. The van der Waals surface area contributed by atoms with Crippen molar-refractivity contribution < 1.29 is 19.0 Å². The largest absolute Gasteiger partial charge is 0.493 e. The van der Waals surface area contributed by atoms with E-state index < -0.39 is 0 Å². The normalized spacial score (nSPS) is 14.6. The number of carbonyl (C=O) groups is 1. The van der Waals surface area contributed by atoms with Gasteiger partial charge in [-0.05, 0) is 25.8 Å². The van der Waals surface area contributed by atoms with Crippen LogP contribution in [-0.2, 0) is 9.53 Å². The second-order valence-electron chi connectivity index (χ2n) is 6.15. The van der Waals surface area contributed by atoms with Crippen LogP contribution in [0.3, 0.4) is 0 Å². The van der Waals surface area contributed by atoms with Gasteiger partial charge in [-0.3, -0.25) is 4.79 Å². The van der Waals surface area contributed by atoms with Gasteiger partial charge < -0.3 is 24.8 Å². The highest BCUT2D eigenvalue weighted by atomic mass is 35.5. The van der Waals surface area contributed by atoms with Crippen molar-refractivity contribution in [1.82, 2.24) is 9.97 Å². The van der Waals surface area contributed by atoms with E-state index in [1.54, 1.807) is 26.4 Å². The smallest absolute Gasteiger partial charge is 0.309 e. The molecule has 2 heterocycles. The van der Waals surface area contributed by atoms with Gasteiger partial charge in [-0.2, -0.15) is 4.98 Å². The van der Waals surface area contributed by atoms with E-state index in [-0.39, 0.29) is 24.3 Å². The number of carbonyl (C=O) groups excluding carboxylic acids is 1. The van der Waals surface area contributed by atoms with Crippen molar-refractivity contribution >= 4 is 41.0 Å².